The Morgan fingerprint density at radius 3 is 1.17 bits per heavy atom. The van der Waals surface area contributed by atoms with E-state index in [0.717, 1.165) is 38.5 Å². The molecule has 0 unspecified atom stereocenters. The Labute approximate surface area is 151 Å². The minimum absolute atomic E-state index is 1.04. The van der Waals surface area contributed by atoms with Crippen molar-refractivity contribution < 1.29 is 0 Å². The van der Waals surface area contributed by atoms with Crippen LogP contribution in [0.1, 0.15) is 78.1 Å². The summed E-state index contributed by atoms with van der Waals surface area (Å²) in [6.45, 7) is 4.42. The molecule has 0 rings (SSSR count). The van der Waals surface area contributed by atoms with Gasteiger partial charge in [-0.2, -0.15) is 0 Å². The van der Waals surface area contributed by atoms with Crippen LogP contribution in [0, 0.1) is 0 Å². The zero-order chi connectivity index (χ0) is 17.6. The first-order valence-electron chi connectivity index (χ1n) is 9.81. The molecule has 0 heterocycles. The maximum absolute atomic E-state index is 2.31. The van der Waals surface area contributed by atoms with Crippen LogP contribution in [0.5, 0.6) is 0 Å². The zero-order valence-electron chi connectivity index (χ0n) is 16.0. The van der Waals surface area contributed by atoms with E-state index in [1.807, 2.05) is 0 Å². The summed E-state index contributed by atoms with van der Waals surface area (Å²) in [4.78, 5) is 0. The molecule has 0 heteroatoms. The van der Waals surface area contributed by atoms with Crippen molar-refractivity contribution in [2.45, 2.75) is 78.1 Å². The first-order valence-corrected chi connectivity index (χ1v) is 9.81. The van der Waals surface area contributed by atoms with Gasteiger partial charge in [0.25, 0.3) is 0 Å². The van der Waals surface area contributed by atoms with Gasteiger partial charge in [0, 0.05) is 0 Å². The molecular formula is C24H38. The van der Waals surface area contributed by atoms with Gasteiger partial charge < -0.3 is 0 Å². The summed E-state index contributed by atoms with van der Waals surface area (Å²) < 4.78 is 0. The van der Waals surface area contributed by atoms with Gasteiger partial charge in [-0.25, -0.2) is 0 Å². The first-order chi connectivity index (χ1) is 11.9. The van der Waals surface area contributed by atoms with Crippen molar-refractivity contribution in [3.05, 3.63) is 72.9 Å². The van der Waals surface area contributed by atoms with Crippen molar-refractivity contribution in [1.29, 1.82) is 0 Å². The highest BCUT2D eigenvalue weighted by atomic mass is 13.9. The minimum atomic E-state index is 1.04. The molecule has 0 aromatic rings. The summed E-state index contributed by atoms with van der Waals surface area (Å²) in [6.07, 6.45) is 38.6. The number of hydrogen-bond donors (Lipinski definition) is 0. The lowest BCUT2D eigenvalue weighted by Gasteiger charge is -1.90. The standard InChI is InChI=1S/C24H38/c1-3-5-7-9-11-13-15-17-19-21-23-24-22-20-18-16-14-12-10-8-6-4-2/h5,7,11-14,17-20,23-24H,3-4,6,8-10,15-16,21-22H2,1-2H3/b7-5+,13-11+,14-12+,19-17+,20-18+,24-23+. The van der Waals surface area contributed by atoms with Crippen LogP contribution in [-0.4, -0.2) is 0 Å². The maximum Gasteiger partial charge on any atom is -0.0169 e. The van der Waals surface area contributed by atoms with Gasteiger partial charge in [0.1, 0.15) is 0 Å². The van der Waals surface area contributed by atoms with Gasteiger partial charge in [-0.05, 0) is 51.4 Å². The summed E-state index contributed by atoms with van der Waals surface area (Å²) >= 11 is 0. The van der Waals surface area contributed by atoms with E-state index in [2.05, 4.69) is 86.8 Å². The van der Waals surface area contributed by atoms with Gasteiger partial charge in [0.15, 0.2) is 0 Å². The van der Waals surface area contributed by atoms with E-state index in [4.69, 9.17) is 0 Å². The molecule has 0 N–H and O–H groups in total. The second-order valence-electron chi connectivity index (χ2n) is 5.91. The number of unbranched alkanes of at least 4 members (excludes halogenated alkanes) is 3. The monoisotopic (exact) mass is 326 g/mol. The topological polar surface area (TPSA) is 0 Å². The number of allylic oxidation sites excluding steroid dienone is 12. The predicted octanol–water partition coefficient (Wildman–Crippen LogP) is 8.26. The second-order valence-corrected chi connectivity index (χ2v) is 5.91. The summed E-state index contributed by atoms with van der Waals surface area (Å²) in [5, 5.41) is 0. The van der Waals surface area contributed by atoms with Crippen molar-refractivity contribution in [3.63, 3.8) is 0 Å². The minimum Gasteiger partial charge on any atom is -0.0885 e. The molecule has 0 saturated heterocycles. The van der Waals surface area contributed by atoms with Gasteiger partial charge in [0.05, 0.1) is 0 Å². The van der Waals surface area contributed by atoms with E-state index < -0.39 is 0 Å². The summed E-state index contributed by atoms with van der Waals surface area (Å²) in [5.74, 6) is 0. The molecule has 0 amide bonds. The molecule has 0 radical (unpaired) electrons. The van der Waals surface area contributed by atoms with Crippen LogP contribution < -0.4 is 0 Å². The van der Waals surface area contributed by atoms with E-state index in [0.29, 0.717) is 0 Å². The molecule has 24 heavy (non-hydrogen) atoms. The van der Waals surface area contributed by atoms with Crippen LogP contribution in [0.25, 0.3) is 0 Å². The Balaban J connectivity index is 3.46. The molecule has 0 aliphatic rings. The average molecular weight is 327 g/mol. The normalized spacial score (nSPS) is 13.2. The second kappa shape index (κ2) is 21.4. The highest BCUT2D eigenvalue weighted by Gasteiger charge is 1.80. The van der Waals surface area contributed by atoms with Crippen LogP contribution in [0.15, 0.2) is 72.9 Å². The fourth-order valence-corrected chi connectivity index (χ4v) is 2.15. The molecule has 0 aliphatic heterocycles. The smallest absolute Gasteiger partial charge is 0.0169 e. The van der Waals surface area contributed by atoms with Crippen molar-refractivity contribution in [3.8, 4) is 0 Å². The molecule has 0 spiro atoms. The lowest BCUT2D eigenvalue weighted by atomic mass is 10.2. The molecule has 0 aliphatic carbocycles. The van der Waals surface area contributed by atoms with Crippen molar-refractivity contribution >= 4 is 0 Å². The lowest BCUT2D eigenvalue weighted by molar-refractivity contribution is 0.728. The largest absolute Gasteiger partial charge is 0.0885 e. The van der Waals surface area contributed by atoms with Crippen molar-refractivity contribution in [2.24, 2.45) is 0 Å². The Hall–Kier alpha value is -1.56. The summed E-state index contributed by atoms with van der Waals surface area (Å²) in [7, 11) is 0. The molecule has 134 valence electrons. The maximum atomic E-state index is 2.31. The van der Waals surface area contributed by atoms with Crippen LogP contribution in [0.3, 0.4) is 0 Å². The predicted molar refractivity (Wildman–Crippen MR) is 112 cm³/mol. The van der Waals surface area contributed by atoms with Gasteiger partial charge in [-0.1, -0.05) is 99.6 Å². The quantitative estimate of drug-likeness (QED) is 0.210. The zero-order valence-corrected chi connectivity index (χ0v) is 16.0. The fraction of sp³-hybridized carbons (Fsp3) is 0.500. The first kappa shape index (κ1) is 22.4. The Bertz CT molecular complexity index is 402. The third-order valence-electron chi connectivity index (χ3n) is 3.57. The Morgan fingerprint density at radius 1 is 0.417 bits per heavy atom. The molecule has 0 nitrogen and oxygen atoms in total. The molecular weight excluding hydrogens is 288 g/mol. The van der Waals surface area contributed by atoms with Gasteiger partial charge in [-0.15, -0.1) is 0 Å². The molecule has 0 atom stereocenters. The van der Waals surface area contributed by atoms with Gasteiger partial charge >= 0.3 is 0 Å². The van der Waals surface area contributed by atoms with E-state index in [9.17, 15) is 0 Å². The molecule has 0 aromatic heterocycles. The molecule has 0 saturated carbocycles. The third-order valence-corrected chi connectivity index (χ3v) is 3.57. The Morgan fingerprint density at radius 2 is 0.792 bits per heavy atom. The van der Waals surface area contributed by atoms with Crippen LogP contribution >= 0.6 is 0 Å². The Kier molecular flexibility index (Phi) is 20.0. The third kappa shape index (κ3) is 20.4. The molecule has 0 fully saturated rings. The highest BCUT2D eigenvalue weighted by molar-refractivity contribution is 5.01. The highest BCUT2D eigenvalue weighted by Crippen LogP contribution is 2.01. The van der Waals surface area contributed by atoms with E-state index >= 15 is 0 Å². The summed E-state index contributed by atoms with van der Waals surface area (Å²) in [6, 6.07) is 0. The van der Waals surface area contributed by atoms with Gasteiger partial charge in [-0.3, -0.25) is 0 Å². The van der Waals surface area contributed by atoms with E-state index in [1.165, 1.54) is 25.7 Å². The molecule has 0 aromatic carbocycles. The lowest BCUT2D eigenvalue weighted by Crippen LogP contribution is -1.70. The van der Waals surface area contributed by atoms with Crippen molar-refractivity contribution in [1.82, 2.24) is 0 Å². The number of hydrogen-bond acceptors (Lipinski definition) is 0. The fourth-order valence-electron chi connectivity index (χ4n) is 2.15. The molecule has 0 bridgehead atoms. The van der Waals surface area contributed by atoms with E-state index in [1.54, 1.807) is 0 Å². The van der Waals surface area contributed by atoms with E-state index in [-0.39, 0.29) is 0 Å². The van der Waals surface area contributed by atoms with Crippen LogP contribution in [0.4, 0.5) is 0 Å². The van der Waals surface area contributed by atoms with Crippen LogP contribution in [0.2, 0.25) is 0 Å². The van der Waals surface area contributed by atoms with Crippen molar-refractivity contribution in [2.75, 3.05) is 0 Å². The summed E-state index contributed by atoms with van der Waals surface area (Å²) in [5.41, 5.74) is 0. The average Bonchev–Trinajstić information content (AvgIpc) is 2.60. The SMILES string of the molecule is CC/C=C/C/C=C/C/C=C/C/C=C/C/C=C/C/C=C/CCCCC. The van der Waals surface area contributed by atoms with Crippen LogP contribution in [-0.2, 0) is 0 Å². The number of rotatable bonds is 15. The van der Waals surface area contributed by atoms with Gasteiger partial charge in [0.2, 0.25) is 0 Å².